The third-order valence-electron chi connectivity index (χ3n) is 5.80. The van der Waals surface area contributed by atoms with Gasteiger partial charge in [0.1, 0.15) is 17.9 Å². The lowest BCUT2D eigenvalue weighted by Crippen LogP contribution is -2.47. The Morgan fingerprint density at radius 1 is 1.48 bits per heavy atom. The minimum Gasteiger partial charge on any atom is -0.414 e. The van der Waals surface area contributed by atoms with E-state index >= 15 is 0 Å². The average Bonchev–Trinajstić information content (AvgIpc) is 2.84. The van der Waals surface area contributed by atoms with Gasteiger partial charge in [-0.3, -0.25) is 14.3 Å². The molecule has 0 saturated carbocycles. The van der Waals surface area contributed by atoms with E-state index in [1.54, 1.807) is 13.0 Å². The van der Waals surface area contributed by atoms with E-state index in [0.717, 1.165) is 0 Å². The van der Waals surface area contributed by atoms with E-state index in [1.165, 1.54) is 10.8 Å². The Bertz CT molecular complexity index is 808. The standard InChI is InChI=1S/C19H32N2O5Si/c1-8-9-19(24)10-15(21-11-13(2)16(22)20-17(21)23)26-14(19)12-25-27(6,7)18(3,4)5/h8,11,14-15,24H,1,9-10,12H2,2-7H3,(H,20,22,23). The van der Waals surface area contributed by atoms with Crippen LogP contribution >= 0.6 is 0 Å². The second-order valence-electron chi connectivity index (χ2n) is 8.93. The number of rotatable bonds is 6. The zero-order valence-electron chi connectivity index (χ0n) is 17.2. The lowest BCUT2D eigenvalue weighted by molar-refractivity contribution is -0.0787. The van der Waals surface area contributed by atoms with Gasteiger partial charge in [0.05, 0.1) is 6.61 Å². The molecule has 0 amide bonds. The van der Waals surface area contributed by atoms with Gasteiger partial charge in [-0.15, -0.1) is 6.58 Å². The highest BCUT2D eigenvalue weighted by Gasteiger charge is 2.49. The number of ether oxygens (including phenoxy) is 1. The molecule has 1 aromatic heterocycles. The minimum absolute atomic E-state index is 0.0362. The summed E-state index contributed by atoms with van der Waals surface area (Å²) in [7, 11) is -2.02. The molecule has 2 heterocycles. The molecule has 2 rings (SSSR count). The summed E-state index contributed by atoms with van der Waals surface area (Å²) >= 11 is 0. The van der Waals surface area contributed by atoms with Crippen LogP contribution in [0.25, 0.3) is 0 Å². The number of aromatic nitrogens is 2. The van der Waals surface area contributed by atoms with Crippen molar-refractivity contribution < 1.29 is 14.3 Å². The fourth-order valence-electron chi connectivity index (χ4n) is 2.92. The van der Waals surface area contributed by atoms with Crippen molar-refractivity contribution in [2.24, 2.45) is 0 Å². The first-order valence-corrected chi connectivity index (χ1v) is 12.2. The Morgan fingerprint density at radius 2 is 2.11 bits per heavy atom. The third-order valence-corrected chi connectivity index (χ3v) is 10.3. The lowest BCUT2D eigenvalue weighted by Gasteiger charge is -2.38. The summed E-state index contributed by atoms with van der Waals surface area (Å²) < 4.78 is 13.6. The number of hydrogen-bond donors (Lipinski definition) is 2. The maximum atomic E-state index is 12.2. The first-order chi connectivity index (χ1) is 12.3. The molecule has 2 N–H and O–H groups in total. The van der Waals surface area contributed by atoms with Crippen molar-refractivity contribution >= 4 is 8.32 Å². The van der Waals surface area contributed by atoms with Crippen LogP contribution in [-0.4, -0.2) is 41.3 Å². The van der Waals surface area contributed by atoms with Crippen LogP contribution in [0.15, 0.2) is 28.4 Å². The van der Waals surface area contributed by atoms with Crippen LogP contribution in [0.3, 0.4) is 0 Å². The van der Waals surface area contributed by atoms with Gasteiger partial charge in [-0.25, -0.2) is 4.79 Å². The molecule has 0 spiro atoms. The Morgan fingerprint density at radius 3 is 2.67 bits per heavy atom. The van der Waals surface area contributed by atoms with E-state index in [0.29, 0.717) is 12.0 Å². The predicted octanol–water partition coefficient (Wildman–Crippen LogP) is 2.46. The molecule has 3 atom stereocenters. The highest BCUT2D eigenvalue weighted by Crippen LogP contribution is 2.41. The molecule has 8 heteroatoms. The van der Waals surface area contributed by atoms with Gasteiger partial charge < -0.3 is 14.3 Å². The Balaban J connectivity index is 2.27. The number of H-pyrrole nitrogens is 1. The summed E-state index contributed by atoms with van der Waals surface area (Å²) in [5, 5.41) is 11.2. The molecule has 1 fully saturated rings. The third kappa shape index (κ3) is 4.51. The Hall–Kier alpha value is -1.48. The van der Waals surface area contributed by atoms with E-state index in [9.17, 15) is 14.7 Å². The molecule has 1 saturated heterocycles. The molecule has 0 bridgehead atoms. The van der Waals surface area contributed by atoms with Crippen LogP contribution in [0.4, 0.5) is 0 Å². The van der Waals surface area contributed by atoms with Gasteiger partial charge in [0, 0.05) is 18.2 Å². The van der Waals surface area contributed by atoms with E-state index in [2.05, 4.69) is 45.4 Å². The largest absolute Gasteiger partial charge is 0.414 e. The first kappa shape index (κ1) is 21.8. The van der Waals surface area contributed by atoms with Gasteiger partial charge in [-0.1, -0.05) is 26.8 Å². The summed E-state index contributed by atoms with van der Waals surface area (Å²) in [4.78, 5) is 26.1. The molecule has 1 aliphatic rings. The normalized spacial score (nSPS) is 26.3. The van der Waals surface area contributed by atoms with Crippen LogP contribution in [0.1, 0.15) is 45.4 Å². The summed E-state index contributed by atoms with van der Waals surface area (Å²) in [6.45, 7) is 16.3. The molecule has 152 valence electrons. The molecular formula is C19H32N2O5Si. The summed E-state index contributed by atoms with van der Waals surface area (Å²) in [6.07, 6.45) is 2.39. The Labute approximate surface area is 161 Å². The van der Waals surface area contributed by atoms with E-state index in [-0.39, 0.29) is 18.1 Å². The van der Waals surface area contributed by atoms with Gasteiger partial charge in [-0.05, 0) is 31.5 Å². The molecule has 7 nitrogen and oxygen atoms in total. The number of aliphatic hydroxyl groups is 1. The van der Waals surface area contributed by atoms with Gasteiger partial charge in [-0.2, -0.15) is 0 Å². The van der Waals surface area contributed by atoms with E-state index < -0.39 is 37.5 Å². The van der Waals surface area contributed by atoms with Gasteiger partial charge in [0.15, 0.2) is 8.32 Å². The van der Waals surface area contributed by atoms with Crippen LogP contribution < -0.4 is 11.2 Å². The summed E-state index contributed by atoms with van der Waals surface area (Å²) in [6, 6.07) is 0. The number of aryl methyl sites for hydroxylation is 1. The molecule has 0 aliphatic carbocycles. The molecule has 3 unspecified atom stereocenters. The highest BCUT2D eigenvalue weighted by atomic mass is 28.4. The van der Waals surface area contributed by atoms with Gasteiger partial charge in [0.2, 0.25) is 0 Å². The fraction of sp³-hybridized carbons (Fsp3) is 0.684. The second kappa shape index (κ2) is 7.50. The molecule has 1 aromatic rings. The monoisotopic (exact) mass is 396 g/mol. The predicted molar refractivity (Wildman–Crippen MR) is 107 cm³/mol. The van der Waals surface area contributed by atoms with Crippen molar-refractivity contribution in [1.29, 1.82) is 0 Å². The second-order valence-corrected chi connectivity index (χ2v) is 13.7. The Kier molecular flexibility index (Phi) is 6.06. The molecule has 0 radical (unpaired) electrons. The van der Waals surface area contributed by atoms with E-state index in [4.69, 9.17) is 9.16 Å². The van der Waals surface area contributed by atoms with Crippen LogP contribution in [0.2, 0.25) is 18.1 Å². The van der Waals surface area contributed by atoms with Crippen molar-refractivity contribution in [3.8, 4) is 0 Å². The lowest BCUT2D eigenvalue weighted by atomic mass is 9.91. The van der Waals surface area contributed by atoms with Crippen LogP contribution in [0.5, 0.6) is 0 Å². The number of hydrogen-bond acceptors (Lipinski definition) is 5. The molecule has 0 aromatic carbocycles. The minimum atomic E-state index is -2.02. The van der Waals surface area contributed by atoms with Crippen LogP contribution in [0, 0.1) is 6.92 Å². The number of nitrogens with one attached hydrogen (secondary N) is 1. The fourth-order valence-corrected chi connectivity index (χ4v) is 3.92. The van der Waals surface area contributed by atoms with Crippen molar-refractivity contribution in [3.05, 3.63) is 45.3 Å². The topological polar surface area (TPSA) is 93.6 Å². The highest BCUT2D eigenvalue weighted by molar-refractivity contribution is 6.74. The maximum Gasteiger partial charge on any atom is 0.330 e. The quantitative estimate of drug-likeness (QED) is 0.569. The zero-order chi connectivity index (χ0) is 20.6. The van der Waals surface area contributed by atoms with Gasteiger partial charge in [0.25, 0.3) is 5.56 Å². The van der Waals surface area contributed by atoms with Gasteiger partial charge >= 0.3 is 5.69 Å². The summed E-state index contributed by atoms with van der Waals surface area (Å²) in [5.74, 6) is 0. The number of aromatic amines is 1. The molecular weight excluding hydrogens is 364 g/mol. The van der Waals surface area contributed by atoms with Crippen LogP contribution in [-0.2, 0) is 9.16 Å². The van der Waals surface area contributed by atoms with E-state index in [1.807, 2.05) is 0 Å². The van der Waals surface area contributed by atoms with Crippen molar-refractivity contribution in [1.82, 2.24) is 9.55 Å². The molecule has 1 aliphatic heterocycles. The maximum absolute atomic E-state index is 12.2. The zero-order valence-corrected chi connectivity index (χ0v) is 18.2. The van der Waals surface area contributed by atoms with Crippen molar-refractivity contribution in [2.45, 2.75) is 76.6 Å². The first-order valence-electron chi connectivity index (χ1n) is 9.25. The molecule has 27 heavy (non-hydrogen) atoms. The van der Waals surface area contributed by atoms with Crippen molar-refractivity contribution in [3.63, 3.8) is 0 Å². The average molecular weight is 397 g/mol. The SMILES string of the molecule is C=CCC1(O)CC(n2cc(C)c(=O)[nH]c2=O)OC1CO[Si](C)(C)C(C)(C)C. The smallest absolute Gasteiger partial charge is 0.330 e. The van der Waals surface area contributed by atoms with Crippen molar-refractivity contribution in [2.75, 3.05) is 6.61 Å². The summed E-state index contributed by atoms with van der Waals surface area (Å²) in [5.41, 5.74) is -1.75. The number of nitrogens with zero attached hydrogens (tertiary/aromatic N) is 1.